The lowest BCUT2D eigenvalue weighted by Gasteiger charge is -2.32. The normalized spacial score (nSPS) is 17.4. The van der Waals surface area contributed by atoms with Crippen LogP contribution in [0.4, 0.5) is 5.69 Å². The van der Waals surface area contributed by atoms with Gasteiger partial charge in [-0.05, 0) is 25.0 Å². The number of carbonyl (C=O) groups is 1. The SMILES string of the molecule is CCC(=O)C1CCN(c2ccncc2)CC1. The van der Waals surface area contributed by atoms with Crippen molar-refractivity contribution in [2.24, 2.45) is 5.92 Å². The lowest BCUT2D eigenvalue weighted by Crippen LogP contribution is -2.36. The van der Waals surface area contributed by atoms with Gasteiger partial charge in [0, 0.05) is 43.5 Å². The molecule has 0 unspecified atom stereocenters. The molecule has 1 saturated heterocycles. The molecule has 0 aromatic carbocycles. The van der Waals surface area contributed by atoms with Gasteiger partial charge in [0.1, 0.15) is 5.78 Å². The van der Waals surface area contributed by atoms with E-state index in [0.29, 0.717) is 18.1 Å². The van der Waals surface area contributed by atoms with E-state index in [9.17, 15) is 4.79 Å². The van der Waals surface area contributed by atoms with Crippen molar-refractivity contribution >= 4 is 11.5 Å². The van der Waals surface area contributed by atoms with E-state index in [0.717, 1.165) is 25.9 Å². The second-order valence-corrected chi connectivity index (χ2v) is 4.29. The molecular formula is C13H18N2O. The molecule has 3 nitrogen and oxygen atoms in total. The molecule has 0 saturated carbocycles. The monoisotopic (exact) mass is 218 g/mol. The van der Waals surface area contributed by atoms with E-state index in [4.69, 9.17) is 0 Å². The summed E-state index contributed by atoms with van der Waals surface area (Å²) in [7, 11) is 0. The first-order chi connectivity index (χ1) is 7.81. The quantitative estimate of drug-likeness (QED) is 0.780. The number of nitrogens with zero attached hydrogens (tertiary/aromatic N) is 2. The third-order valence-electron chi connectivity index (χ3n) is 3.33. The van der Waals surface area contributed by atoms with Gasteiger partial charge < -0.3 is 4.90 Å². The van der Waals surface area contributed by atoms with Crippen LogP contribution >= 0.6 is 0 Å². The fourth-order valence-electron chi connectivity index (χ4n) is 2.30. The van der Waals surface area contributed by atoms with Gasteiger partial charge in [-0.15, -0.1) is 0 Å². The first-order valence-corrected chi connectivity index (χ1v) is 5.99. The van der Waals surface area contributed by atoms with E-state index in [1.165, 1.54) is 5.69 Å². The van der Waals surface area contributed by atoms with Crippen molar-refractivity contribution in [3.8, 4) is 0 Å². The summed E-state index contributed by atoms with van der Waals surface area (Å²) in [5.74, 6) is 0.720. The lowest BCUT2D eigenvalue weighted by molar-refractivity contribution is -0.123. The Balaban J connectivity index is 1.93. The standard InChI is InChI=1S/C13H18N2O/c1-2-13(16)11-5-9-15(10-6-11)12-3-7-14-8-4-12/h3-4,7-8,11H,2,5-6,9-10H2,1H3. The molecule has 86 valence electrons. The Morgan fingerprint density at radius 3 is 2.56 bits per heavy atom. The topological polar surface area (TPSA) is 33.2 Å². The molecule has 2 heterocycles. The second kappa shape index (κ2) is 5.10. The fourth-order valence-corrected chi connectivity index (χ4v) is 2.30. The third kappa shape index (κ3) is 2.40. The molecule has 0 N–H and O–H groups in total. The summed E-state index contributed by atoms with van der Waals surface area (Å²) in [6.07, 6.45) is 6.31. The number of aromatic nitrogens is 1. The molecule has 1 aliphatic rings. The minimum atomic E-state index is 0.295. The number of hydrogen-bond donors (Lipinski definition) is 0. The zero-order valence-electron chi connectivity index (χ0n) is 9.72. The van der Waals surface area contributed by atoms with Crippen LogP contribution in [0.25, 0.3) is 0 Å². The summed E-state index contributed by atoms with van der Waals surface area (Å²) in [4.78, 5) is 17.9. The van der Waals surface area contributed by atoms with Gasteiger partial charge in [0.25, 0.3) is 0 Å². The van der Waals surface area contributed by atoms with Gasteiger partial charge in [-0.2, -0.15) is 0 Å². The average Bonchev–Trinajstić information content (AvgIpc) is 2.39. The molecular weight excluding hydrogens is 200 g/mol. The van der Waals surface area contributed by atoms with Crippen LogP contribution in [0.2, 0.25) is 0 Å². The van der Waals surface area contributed by atoms with Crippen LogP contribution in [0.3, 0.4) is 0 Å². The summed E-state index contributed by atoms with van der Waals surface area (Å²) in [6, 6.07) is 4.06. The molecule has 1 aromatic heterocycles. The maximum absolute atomic E-state index is 11.6. The minimum Gasteiger partial charge on any atom is -0.371 e. The van der Waals surface area contributed by atoms with Crippen LogP contribution in [-0.4, -0.2) is 23.9 Å². The number of rotatable bonds is 3. The Kier molecular flexibility index (Phi) is 3.54. The molecule has 0 amide bonds. The lowest BCUT2D eigenvalue weighted by atomic mass is 9.91. The summed E-state index contributed by atoms with van der Waals surface area (Å²) >= 11 is 0. The van der Waals surface area contributed by atoms with Crippen molar-refractivity contribution < 1.29 is 4.79 Å². The van der Waals surface area contributed by atoms with Crippen LogP contribution < -0.4 is 4.90 Å². The number of carbonyl (C=O) groups excluding carboxylic acids is 1. The van der Waals surface area contributed by atoms with Gasteiger partial charge in [-0.1, -0.05) is 6.92 Å². The fraction of sp³-hybridized carbons (Fsp3) is 0.538. The first-order valence-electron chi connectivity index (χ1n) is 5.99. The van der Waals surface area contributed by atoms with Gasteiger partial charge >= 0.3 is 0 Å². The number of ketones is 1. The zero-order chi connectivity index (χ0) is 11.4. The highest BCUT2D eigenvalue weighted by Crippen LogP contribution is 2.23. The van der Waals surface area contributed by atoms with Gasteiger partial charge in [-0.25, -0.2) is 0 Å². The Morgan fingerprint density at radius 1 is 1.38 bits per heavy atom. The van der Waals surface area contributed by atoms with Gasteiger partial charge in [0.2, 0.25) is 0 Å². The van der Waals surface area contributed by atoms with E-state index < -0.39 is 0 Å². The highest BCUT2D eigenvalue weighted by atomic mass is 16.1. The number of pyridine rings is 1. The smallest absolute Gasteiger partial charge is 0.135 e. The maximum Gasteiger partial charge on any atom is 0.135 e. The van der Waals surface area contributed by atoms with Crippen molar-refractivity contribution in [2.75, 3.05) is 18.0 Å². The summed E-state index contributed by atoms with van der Waals surface area (Å²) < 4.78 is 0. The molecule has 1 aliphatic heterocycles. The first kappa shape index (κ1) is 11.1. The molecule has 0 radical (unpaired) electrons. The number of Topliss-reactive ketones (excluding diaryl/α,β-unsaturated/α-hetero) is 1. The van der Waals surface area contributed by atoms with Gasteiger partial charge in [0.15, 0.2) is 0 Å². The predicted molar refractivity (Wildman–Crippen MR) is 64.5 cm³/mol. The number of anilines is 1. The molecule has 2 rings (SSSR count). The van der Waals surface area contributed by atoms with Crippen molar-refractivity contribution in [2.45, 2.75) is 26.2 Å². The average molecular weight is 218 g/mol. The van der Waals surface area contributed by atoms with E-state index in [2.05, 4.69) is 9.88 Å². The maximum atomic E-state index is 11.6. The largest absolute Gasteiger partial charge is 0.371 e. The van der Waals surface area contributed by atoms with Crippen LogP contribution in [-0.2, 0) is 4.79 Å². The van der Waals surface area contributed by atoms with Crippen LogP contribution in [0.15, 0.2) is 24.5 Å². The molecule has 0 atom stereocenters. The Labute approximate surface area is 96.5 Å². The van der Waals surface area contributed by atoms with Gasteiger partial charge in [-0.3, -0.25) is 9.78 Å². The van der Waals surface area contributed by atoms with Crippen LogP contribution in [0.1, 0.15) is 26.2 Å². The highest BCUT2D eigenvalue weighted by molar-refractivity contribution is 5.81. The number of piperidine rings is 1. The van der Waals surface area contributed by atoms with Crippen molar-refractivity contribution in [3.63, 3.8) is 0 Å². The van der Waals surface area contributed by atoms with E-state index in [-0.39, 0.29) is 0 Å². The minimum absolute atomic E-state index is 0.295. The Bertz CT molecular complexity index is 342. The zero-order valence-corrected chi connectivity index (χ0v) is 9.72. The Hall–Kier alpha value is -1.38. The molecule has 1 fully saturated rings. The molecule has 3 heteroatoms. The third-order valence-corrected chi connectivity index (χ3v) is 3.33. The number of hydrogen-bond acceptors (Lipinski definition) is 3. The molecule has 0 aliphatic carbocycles. The predicted octanol–water partition coefficient (Wildman–Crippen LogP) is 2.28. The highest BCUT2D eigenvalue weighted by Gasteiger charge is 2.23. The van der Waals surface area contributed by atoms with E-state index in [1.54, 1.807) is 0 Å². The van der Waals surface area contributed by atoms with Gasteiger partial charge in [0.05, 0.1) is 0 Å². The summed E-state index contributed by atoms with van der Waals surface area (Å²) in [6.45, 7) is 3.93. The van der Waals surface area contributed by atoms with E-state index in [1.807, 2.05) is 31.5 Å². The molecule has 0 bridgehead atoms. The summed E-state index contributed by atoms with van der Waals surface area (Å²) in [5.41, 5.74) is 1.22. The van der Waals surface area contributed by atoms with Crippen molar-refractivity contribution in [1.82, 2.24) is 4.98 Å². The second-order valence-electron chi connectivity index (χ2n) is 4.29. The van der Waals surface area contributed by atoms with Crippen molar-refractivity contribution in [3.05, 3.63) is 24.5 Å². The summed E-state index contributed by atoms with van der Waals surface area (Å²) in [5, 5.41) is 0. The van der Waals surface area contributed by atoms with Crippen LogP contribution in [0, 0.1) is 5.92 Å². The van der Waals surface area contributed by atoms with E-state index >= 15 is 0 Å². The van der Waals surface area contributed by atoms with Crippen LogP contribution in [0.5, 0.6) is 0 Å². The Morgan fingerprint density at radius 2 is 2.00 bits per heavy atom. The molecule has 0 spiro atoms. The molecule has 16 heavy (non-hydrogen) atoms. The molecule has 1 aromatic rings. The van der Waals surface area contributed by atoms with Crippen molar-refractivity contribution in [1.29, 1.82) is 0 Å².